The number of aliphatic carboxylic acids is 1. The van der Waals surface area contributed by atoms with Crippen LogP contribution in [0.5, 0.6) is 0 Å². The topological polar surface area (TPSA) is 76.1 Å². The van der Waals surface area contributed by atoms with Gasteiger partial charge in [0.1, 0.15) is 6.61 Å². The zero-order valence-corrected chi connectivity index (χ0v) is 18.7. The van der Waals surface area contributed by atoms with Crippen molar-refractivity contribution in [3.8, 4) is 11.1 Å². The van der Waals surface area contributed by atoms with Gasteiger partial charge in [0.15, 0.2) is 6.04 Å². The lowest BCUT2D eigenvalue weighted by molar-refractivity contribution is -0.148. The first kappa shape index (κ1) is 22.6. The third-order valence-electron chi connectivity index (χ3n) is 6.09. The number of rotatable bonds is 8. The lowest BCUT2D eigenvalue weighted by atomic mass is 9.98. The fraction of sp³-hybridized carbons (Fsp3) is 0.259. The average Bonchev–Trinajstić information content (AvgIpc) is 3.15. The number of carboxylic acids is 1. The van der Waals surface area contributed by atoms with Gasteiger partial charge in [-0.1, -0.05) is 78.9 Å². The average molecular weight is 446 g/mol. The van der Waals surface area contributed by atoms with Gasteiger partial charge in [-0.2, -0.15) is 0 Å². The van der Waals surface area contributed by atoms with Crippen LogP contribution >= 0.6 is 0 Å². The van der Waals surface area contributed by atoms with Gasteiger partial charge in [0.05, 0.1) is 12.7 Å². The number of nitrogens with zero attached hydrogens (tertiary/aromatic N) is 1. The van der Waals surface area contributed by atoms with Gasteiger partial charge < -0.3 is 14.6 Å². The predicted molar refractivity (Wildman–Crippen MR) is 125 cm³/mol. The second-order valence-corrected chi connectivity index (χ2v) is 8.20. The highest BCUT2D eigenvalue weighted by Crippen LogP contribution is 2.44. The Morgan fingerprint density at radius 3 is 2.03 bits per heavy atom. The van der Waals surface area contributed by atoms with Crippen LogP contribution in [0.25, 0.3) is 11.1 Å². The maximum absolute atomic E-state index is 12.8. The largest absolute Gasteiger partial charge is 0.480 e. The number of likely N-dealkylation sites (N-methyl/N-ethyl adjacent to an activating group) is 1. The van der Waals surface area contributed by atoms with Gasteiger partial charge in [0.25, 0.3) is 0 Å². The smallest absolute Gasteiger partial charge is 0.410 e. The molecule has 0 aromatic heterocycles. The van der Waals surface area contributed by atoms with E-state index in [9.17, 15) is 14.7 Å². The minimum Gasteiger partial charge on any atom is -0.480 e. The summed E-state index contributed by atoms with van der Waals surface area (Å²) in [6.45, 7) is 2.03. The van der Waals surface area contributed by atoms with Crippen molar-refractivity contribution in [2.75, 3.05) is 13.7 Å². The number of benzene rings is 3. The van der Waals surface area contributed by atoms with Crippen molar-refractivity contribution in [2.45, 2.75) is 31.6 Å². The van der Waals surface area contributed by atoms with Gasteiger partial charge in [0, 0.05) is 13.0 Å². The highest BCUT2D eigenvalue weighted by Gasteiger charge is 2.35. The molecule has 1 aliphatic carbocycles. The molecule has 6 nitrogen and oxygen atoms in total. The standard InChI is InChI=1S/C27H27NO5/c1-18(32-16-19-10-4-3-5-11-19)25(26(29)30)28(2)27(31)33-17-24-22-14-8-6-12-20(22)21-13-7-9-15-23(21)24/h3-15,18,24-25H,16-17H2,1-2H3,(H,29,30)/t18-,25-/m1/s1. The summed E-state index contributed by atoms with van der Waals surface area (Å²) in [5, 5.41) is 9.77. The summed E-state index contributed by atoms with van der Waals surface area (Å²) in [5.41, 5.74) is 5.40. The number of hydrogen-bond acceptors (Lipinski definition) is 4. The summed E-state index contributed by atoms with van der Waals surface area (Å²) in [6, 6.07) is 24.4. The van der Waals surface area contributed by atoms with Crippen molar-refractivity contribution < 1.29 is 24.2 Å². The highest BCUT2D eigenvalue weighted by molar-refractivity contribution is 5.81. The van der Waals surface area contributed by atoms with Crippen molar-refractivity contribution in [1.29, 1.82) is 0 Å². The van der Waals surface area contributed by atoms with E-state index in [4.69, 9.17) is 9.47 Å². The van der Waals surface area contributed by atoms with Gasteiger partial charge in [-0.3, -0.25) is 4.90 Å². The minimum absolute atomic E-state index is 0.0928. The van der Waals surface area contributed by atoms with E-state index in [-0.39, 0.29) is 19.1 Å². The molecule has 170 valence electrons. The first-order valence-electron chi connectivity index (χ1n) is 10.9. The molecule has 0 saturated carbocycles. The molecule has 0 aliphatic heterocycles. The molecule has 6 heteroatoms. The van der Waals surface area contributed by atoms with Crippen molar-refractivity contribution in [3.63, 3.8) is 0 Å². The summed E-state index contributed by atoms with van der Waals surface area (Å²) in [7, 11) is 1.43. The van der Waals surface area contributed by atoms with Crippen molar-refractivity contribution in [3.05, 3.63) is 95.6 Å². The van der Waals surface area contributed by atoms with Gasteiger partial charge in [0.2, 0.25) is 0 Å². The highest BCUT2D eigenvalue weighted by atomic mass is 16.6. The lowest BCUT2D eigenvalue weighted by Gasteiger charge is -2.29. The molecule has 33 heavy (non-hydrogen) atoms. The van der Waals surface area contributed by atoms with Crippen LogP contribution in [0, 0.1) is 0 Å². The Kier molecular flexibility index (Phi) is 6.75. The van der Waals surface area contributed by atoms with E-state index < -0.39 is 24.2 Å². The van der Waals surface area contributed by atoms with Crippen LogP contribution in [0.15, 0.2) is 78.9 Å². The Morgan fingerprint density at radius 1 is 0.909 bits per heavy atom. The molecular weight excluding hydrogens is 418 g/mol. The summed E-state index contributed by atoms with van der Waals surface area (Å²) in [4.78, 5) is 25.9. The molecule has 0 radical (unpaired) electrons. The molecule has 0 spiro atoms. The Labute approximate surface area is 193 Å². The van der Waals surface area contributed by atoms with Crippen LogP contribution < -0.4 is 0 Å². The predicted octanol–water partition coefficient (Wildman–Crippen LogP) is 4.93. The van der Waals surface area contributed by atoms with Crippen LogP contribution in [0.2, 0.25) is 0 Å². The zero-order valence-electron chi connectivity index (χ0n) is 18.7. The third kappa shape index (κ3) is 4.76. The molecule has 3 aromatic carbocycles. The number of fused-ring (bicyclic) bond motifs is 3. The second kappa shape index (κ2) is 9.88. The lowest BCUT2D eigenvalue weighted by Crippen LogP contribution is -2.49. The first-order valence-corrected chi connectivity index (χ1v) is 10.9. The number of carbonyl (C=O) groups excluding carboxylic acids is 1. The molecule has 4 rings (SSSR count). The molecule has 0 heterocycles. The number of ether oxygens (including phenoxy) is 2. The maximum Gasteiger partial charge on any atom is 0.410 e. The number of hydrogen-bond donors (Lipinski definition) is 1. The normalized spacial score (nSPS) is 14.1. The Bertz CT molecular complexity index is 1080. The summed E-state index contributed by atoms with van der Waals surface area (Å²) < 4.78 is 11.4. The van der Waals surface area contributed by atoms with Gasteiger partial charge in [-0.25, -0.2) is 9.59 Å². The molecule has 0 unspecified atom stereocenters. The fourth-order valence-corrected chi connectivity index (χ4v) is 4.38. The molecule has 1 N–H and O–H groups in total. The second-order valence-electron chi connectivity index (χ2n) is 8.20. The van der Waals surface area contributed by atoms with Crippen molar-refractivity contribution in [2.24, 2.45) is 0 Å². The number of carboxylic acid groups (broad SMARTS) is 1. The van der Waals surface area contributed by atoms with E-state index in [1.807, 2.05) is 66.7 Å². The van der Waals surface area contributed by atoms with Crippen LogP contribution in [0.4, 0.5) is 4.79 Å². The fourth-order valence-electron chi connectivity index (χ4n) is 4.38. The Balaban J connectivity index is 1.42. The van der Waals surface area contributed by atoms with E-state index in [1.54, 1.807) is 6.92 Å². The van der Waals surface area contributed by atoms with E-state index in [1.165, 1.54) is 7.05 Å². The van der Waals surface area contributed by atoms with Crippen LogP contribution in [-0.2, 0) is 20.9 Å². The van der Waals surface area contributed by atoms with Gasteiger partial charge in [-0.05, 0) is 34.7 Å². The van der Waals surface area contributed by atoms with Crippen molar-refractivity contribution in [1.82, 2.24) is 4.90 Å². The molecule has 1 aliphatic rings. The molecule has 2 atom stereocenters. The maximum atomic E-state index is 12.8. The quantitative estimate of drug-likeness (QED) is 0.532. The third-order valence-corrected chi connectivity index (χ3v) is 6.09. The number of carbonyl (C=O) groups is 2. The first-order chi connectivity index (χ1) is 16.0. The summed E-state index contributed by atoms with van der Waals surface area (Å²) in [5.74, 6) is -1.24. The molecular formula is C27H27NO5. The monoisotopic (exact) mass is 445 g/mol. The molecule has 0 saturated heterocycles. The Hall–Kier alpha value is -3.64. The minimum atomic E-state index is -1.18. The molecule has 0 bridgehead atoms. The summed E-state index contributed by atoms with van der Waals surface area (Å²) >= 11 is 0. The summed E-state index contributed by atoms with van der Waals surface area (Å²) in [6.07, 6.45) is -1.42. The molecule has 0 fully saturated rings. The number of amides is 1. The van der Waals surface area contributed by atoms with Gasteiger partial charge in [-0.15, -0.1) is 0 Å². The Morgan fingerprint density at radius 2 is 1.45 bits per heavy atom. The molecule has 3 aromatic rings. The van der Waals surface area contributed by atoms with E-state index in [2.05, 4.69) is 12.1 Å². The van der Waals surface area contributed by atoms with Crippen LogP contribution in [-0.4, -0.2) is 47.9 Å². The molecule has 1 amide bonds. The SMILES string of the molecule is C[C@@H](OCc1ccccc1)[C@H](C(=O)O)N(C)C(=O)OCC1c2ccccc2-c2ccccc21. The van der Waals surface area contributed by atoms with E-state index >= 15 is 0 Å². The van der Waals surface area contributed by atoms with E-state index in [0.717, 1.165) is 32.7 Å². The van der Waals surface area contributed by atoms with Crippen LogP contribution in [0.1, 0.15) is 29.5 Å². The van der Waals surface area contributed by atoms with E-state index in [0.29, 0.717) is 0 Å². The van der Waals surface area contributed by atoms with Crippen molar-refractivity contribution >= 4 is 12.1 Å². The van der Waals surface area contributed by atoms with Gasteiger partial charge >= 0.3 is 12.1 Å². The zero-order chi connectivity index (χ0) is 23.4. The van der Waals surface area contributed by atoms with Crippen LogP contribution in [0.3, 0.4) is 0 Å².